The van der Waals surface area contributed by atoms with E-state index in [9.17, 15) is 13.2 Å². The largest absolute Gasteiger partial charge is 0.333 e. The lowest BCUT2D eigenvalue weighted by molar-refractivity contribution is 0.249. The van der Waals surface area contributed by atoms with Crippen LogP contribution in [-0.2, 0) is 9.84 Å². The van der Waals surface area contributed by atoms with E-state index in [0.29, 0.717) is 10.7 Å². The van der Waals surface area contributed by atoms with E-state index < -0.39 is 27.3 Å². The van der Waals surface area contributed by atoms with E-state index in [-0.39, 0.29) is 11.5 Å². The minimum Gasteiger partial charge on any atom is -0.333 e. The van der Waals surface area contributed by atoms with Crippen LogP contribution in [0, 0.1) is 0 Å². The lowest BCUT2D eigenvalue weighted by atomic mass is 10.2. The first-order valence-corrected chi connectivity index (χ1v) is 8.17. The predicted molar refractivity (Wildman–Crippen MR) is 75.7 cm³/mol. The number of carbonyl (C=O) groups excluding carboxylic acids is 1. The molecule has 1 aromatic carbocycles. The molecule has 2 rings (SSSR count). The molecular weight excluding hydrogens is 311 g/mol. The van der Waals surface area contributed by atoms with Crippen LogP contribution in [0.1, 0.15) is 0 Å². The van der Waals surface area contributed by atoms with Crippen LogP contribution in [0.3, 0.4) is 0 Å². The fourth-order valence-electron chi connectivity index (χ4n) is 1.84. The number of halogens is 2. The van der Waals surface area contributed by atoms with E-state index in [0.717, 1.165) is 0 Å². The van der Waals surface area contributed by atoms with Crippen LogP contribution < -0.4 is 10.6 Å². The monoisotopic (exact) mass is 322 g/mol. The highest BCUT2D eigenvalue weighted by Crippen LogP contribution is 2.19. The molecule has 8 heteroatoms. The second kappa shape index (κ2) is 5.56. The molecule has 0 spiro atoms. The maximum absolute atomic E-state index is 11.7. The molecule has 19 heavy (non-hydrogen) atoms. The highest BCUT2D eigenvalue weighted by atomic mass is 35.5. The Morgan fingerprint density at radius 3 is 2.63 bits per heavy atom. The maximum atomic E-state index is 11.7. The molecule has 0 saturated carbocycles. The van der Waals surface area contributed by atoms with Crippen LogP contribution in [-0.4, -0.2) is 37.4 Å². The van der Waals surface area contributed by atoms with Crippen LogP contribution in [0.4, 0.5) is 10.5 Å². The summed E-state index contributed by atoms with van der Waals surface area (Å²) in [5.74, 6) is -0.249. The topological polar surface area (TPSA) is 75.3 Å². The Morgan fingerprint density at radius 2 is 2.05 bits per heavy atom. The van der Waals surface area contributed by atoms with Crippen LogP contribution >= 0.6 is 23.2 Å². The Bertz CT molecular complexity index is 591. The highest BCUT2D eigenvalue weighted by Gasteiger charge is 2.37. The van der Waals surface area contributed by atoms with E-state index in [1.54, 1.807) is 24.3 Å². The van der Waals surface area contributed by atoms with Gasteiger partial charge in [-0.25, -0.2) is 13.2 Å². The van der Waals surface area contributed by atoms with Gasteiger partial charge in [-0.3, -0.25) is 0 Å². The summed E-state index contributed by atoms with van der Waals surface area (Å²) >= 11 is 11.7. The van der Waals surface area contributed by atoms with Crippen molar-refractivity contribution in [1.82, 2.24) is 5.32 Å². The summed E-state index contributed by atoms with van der Waals surface area (Å²) in [6.45, 7) is 0. The van der Waals surface area contributed by atoms with Gasteiger partial charge >= 0.3 is 6.03 Å². The Morgan fingerprint density at radius 1 is 1.32 bits per heavy atom. The number of anilines is 1. The van der Waals surface area contributed by atoms with Gasteiger partial charge in [-0.2, -0.15) is 0 Å². The number of nitrogens with one attached hydrogen (secondary N) is 2. The molecule has 0 aliphatic carbocycles. The van der Waals surface area contributed by atoms with Gasteiger partial charge in [0.05, 0.1) is 22.9 Å². The molecule has 1 heterocycles. The van der Waals surface area contributed by atoms with Crippen molar-refractivity contribution in [2.45, 2.75) is 11.4 Å². The third-order valence-corrected chi connectivity index (χ3v) is 5.29. The van der Waals surface area contributed by atoms with Crippen molar-refractivity contribution >= 4 is 44.8 Å². The highest BCUT2D eigenvalue weighted by molar-refractivity contribution is 7.91. The molecule has 0 bridgehead atoms. The Kier molecular flexibility index (Phi) is 4.23. The minimum absolute atomic E-state index is 0.114. The molecule has 1 aliphatic heterocycles. The third-order valence-electron chi connectivity index (χ3n) is 2.68. The summed E-state index contributed by atoms with van der Waals surface area (Å²) in [7, 11) is -3.17. The quantitative estimate of drug-likeness (QED) is 0.816. The number of hydrogen-bond acceptors (Lipinski definition) is 3. The summed E-state index contributed by atoms with van der Waals surface area (Å²) < 4.78 is 22.7. The average Bonchev–Trinajstić information content (AvgIpc) is 2.51. The van der Waals surface area contributed by atoms with E-state index in [4.69, 9.17) is 23.2 Å². The number of alkyl halides is 1. The van der Waals surface area contributed by atoms with Gasteiger partial charge in [0.25, 0.3) is 0 Å². The van der Waals surface area contributed by atoms with Crippen molar-refractivity contribution in [3.05, 3.63) is 29.3 Å². The van der Waals surface area contributed by atoms with Crippen molar-refractivity contribution in [3.63, 3.8) is 0 Å². The number of benzene rings is 1. The van der Waals surface area contributed by atoms with Crippen LogP contribution in [0.25, 0.3) is 0 Å². The van der Waals surface area contributed by atoms with Crippen LogP contribution in [0.15, 0.2) is 24.3 Å². The molecule has 104 valence electrons. The van der Waals surface area contributed by atoms with Crippen LogP contribution in [0.2, 0.25) is 5.02 Å². The molecule has 1 fully saturated rings. The first kappa shape index (κ1) is 14.4. The first-order chi connectivity index (χ1) is 8.85. The molecule has 2 unspecified atom stereocenters. The zero-order chi connectivity index (χ0) is 14.0. The van der Waals surface area contributed by atoms with Gasteiger partial charge in [0.1, 0.15) is 0 Å². The van der Waals surface area contributed by atoms with Gasteiger partial charge in [-0.15, -0.1) is 11.6 Å². The SMILES string of the molecule is O=C(Nc1cccc(Cl)c1)NC1CS(=O)(=O)CC1Cl. The lowest BCUT2D eigenvalue weighted by Gasteiger charge is -2.15. The summed E-state index contributed by atoms with van der Waals surface area (Å²) in [5, 5.41) is 5.01. The van der Waals surface area contributed by atoms with E-state index in [1.165, 1.54) is 0 Å². The van der Waals surface area contributed by atoms with E-state index >= 15 is 0 Å². The van der Waals surface area contributed by atoms with Gasteiger partial charge in [0.15, 0.2) is 9.84 Å². The van der Waals surface area contributed by atoms with Crippen molar-refractivity contribution in [1.29, 1.82) is 0 Å². The molecule has 1 aliphatic rings. The Labute approximate surface area is 121 Å². The summed E-state index contributed by atoms with van der Waals surface area (Å²) in [5.41, 5.74) is 0.525. The summed E-state index contributed by atoms with van der Waals surface area (Å²) in [6.07, 6.45) is 0. The standard InChI is InChI=1S/C11H12Cl2N2O3S/c12-7-2-1-3-8(4-7)14-11(16)15-10-6-19(17,18)5-9(10)13/h1-4,9-10H,5-6H2,(H2,14,15,16). The summed E-state index contributed by atoms with van der Waals surface area (Å²) in [4.78, 5) is 11.7. The van der Waals surface area contributed by atoms with Gasteiger partial charge in [-0.05, 0) is 18.2 Å². The van der Waals surface area contributed by atoms with E-state index in [1.807, 2.05) is 0 Å². The molecule has 0 radical (unpaired) electrons. The zero-order valence-corrected chi connectivity index (χ0v) is 12.1. The molecule has 5 nitrogen and oxygen atoms in total. The van der Waals surface area contributed by atoms with Crippen molar-refractivity contribution in [2.75, 3.05) is 16.8 Å². The summed E-state index contributed by atoms with van der Waals surface area (Å²) in [6, 6.07) is 5.56. The average molecular weight is 323 g/mol. The maximum Gasteiger partial charge on any atom is 0.319 e. The Hall–Kier alpha value is -0.980. The molecule has 2 amide bonds. The van der Waals surface area contributed by atoms with Gasteiger partial charge in [-0.1, -0.05) is 17.7 Å². The number of amides is 2. The predicted octanol–water partition coefficient (Wildman–Crippen LogP) is 1.87. The number of hydrogen-bond donors (Lipinski definition) is 2. The molecule has 2 atom stereocenters. The third kappa shape index (κ3) is 3.99. The number of sulfone groups is 1. The molecule has 2 N–H and O–H groups in total. The fourth-order valence-corrected chi connectivity index (χ4v) is 4.58. The van der Waals surface area contributed by atoms with Crippen molar-refractivity contribution in [3.8, 4) is 0 Å². The second-order valence-electron chi connectivity index (χ2n) is 4.31. The van der Waals surface area contributed by atoms with Crippen molar-refractivity contribution in [2.24, 2.45) is 0 Å². The molecule has 1 saturated heterocycles. The number of urea groups is 1. The zero-order valence-electron chi connectivity index (χ0n) is 9.77. The fraction of sp³-hybridized carbons (Fsp3) is 0.364. The lowest BCUT2D eigenvalue weighted by Crippen LogP contribution is -2.42. The van der Waals surface area contributed by atoms with Gasteiger partial charge in [0, 0.05) is 10.7 Å². The van der Waals surface area contributed by atoms with Gasteiger partial charge < -0.3 is 10.6 Å². The second-order valence-corrected chi connectivity index (χ2v) is 7.46. The molecule has 0 aromatic heterocycles. The number of carbonyl (C=O) groups is 1. The van der Waals surface area contributed by atoms with E-state index in [2.05, 4.69) is 10.6 Å². The normalized spacial score (nSPS) is 24.9. The minimum atomic E-state index is -3.17. The van der Waals surface area contributed by atoms with Crippen LogP contribution in [0.5, 0.6) is 0 Å². The van der Waals surface area contributed by atoms with Gasteiger partial charge in [0.2, 0.25) is 0 Å². The first-order valence-electron chi connectivity index (χ1n) is 5.53. The number of rotatable bonds is 2. The molecular formula is C11H12Cl2N2O3S. The smallest absolute Gasteiger partial charge is 0.319 e. The molecule has 1 aromatic rings. The Balaban J connectivity index is 1.95. The van der Waals surface area contributed by atoms with Crippen molar-refractivity contribution < 1.29 is 13.2 Å².